The van der Waals surface area contributed by atoms with Crippen molar-refractivity contribution in [2.45, 2.75) is 31.9 Å². The number of hydrogen-bond acceptors (Lipinski definition) is 4. The van der Waals surface area contributed by atoms with E-state index in [2.05, 4.69) is 10.6 Å². The van der Waals surface area contributed by atoms with Gasteiger partial charge in [-0.15, -0.1) is 11.3 Å². The highest BCUT2D eigenvalue weighted by Gasteiger charge is 2.26. The number of nitrogens with one attached hydrogen (secondary N) is 2. The van der Waals surface area contributed by atoms with Crippen molar-refractivity contribution in [2.24, 2.45) is 0 Å². The highest BCUT2D eigenvalue weighted by atomic mass is 32.1. The number of rotatable bonds is 6. The van der Waals surface area contributed by atoms with Gasteiger partial charge in [-0.3, -0.25) is 0 Å². The summed E-state index contributed by atoms with van der Waals surface area (Å²) in [5, 5.41) is 17.7. The van der Waals surface area contributed by atoms with Gasteiger partial charge in [-0.2, -0.15) is 0 Å². The van der Waals surface area contributed by atoms with Gasteiger partial charge in [0, 0.05) is 4.88 Å². The minimum Gasteiger partial charge on any atom is -0.494 e. The molecule has 6 heteroatoms. The van der Waals surface area contributed by atoms with Crippen molar-refractivity contribution in [3.63, 3.8) is 0 Å². The number of thiophene rings is 1. The van der Waals surface area contributed by atoms with Gasteiger partial charge in [0.15, 0.2) is 0 Å². The lowest BCUT2D eigenvalue weighted by atomic mass is 10.1. The molecule has 0 saturated carbocycles. The van der Waals surface area contributed by atoms with E-state index in [-0.39, 0.29) is 18.6 Å². The number of carbonyl (C=O) groups is 1. The van der Waals surface area contributed by atoms with Gasteiger partial charge in [0.1, 0.15) is 11.9 Å². The predicted octanol–water partition coefficient (Wildman–Crippen LogP) is 3.17. The molecule has 0 radical (unpaired) electrons. The molecular weight excluding hydrogens is 324 g/mol. The first-order valence-electron chi connectivity index (χ1n) is 8.19. The van der Waals surface area contributed by atoms with Crippen molar-refractivity contribution in [3.05, 3.63) is 51.7 Å². The third-order valence-electron chi connectivity index (χ3n) is 4.16. The fourth-order valence-electron chi connectivity index (χ4n) is 3.04. The molecule has 3 N–H and O–H groups in total. The second kappa shape index (κ2) is 7.68. The molecule has 3 rings (SSSR count). The van der Waals surface area contributed by atoms with Crippen LogP contribution in [0, 0.1) is 0 Å². The van der Waals surface area contributed by atoms with Crippen LogP contribution in [-0.2, 0) is 6.42 Å². The summed E-state index contributed by atoms with van der Waals surface area (Å²) in [6.07, 6.45) is 1.09. The fraction of sp³-hybridized carbons (Fsp3) is 0.389. The Morgan fingerprint density at radius 2 is 2.29 bits per heavy atom. The van der Waals surface area contributed by atoms with Crippen LogP contribution in [-0.4, -0.2) is 24.3 Å². The molecule has 1 aliphatic carbocycles. The molecule has 24 heavy (non-hydrogen) atoms. The van der Waals surface area contributed by atoms with Gasteiger partial charge >= 0.3 is 6.03 Å². The predicted molar refractivity (Wildman–Crippen MR) is 94.5 cm³/mol. The lowest BCUT2D eigenvalue weighted by Gasteiger charge is -2.17. The second-order valence-corrected chi connectivity index (χ2v) is 6.71. The first-order valence-corrected chi connectivity index (χ1v) is 9.07. The molecule has 0 fully saturated rings. The van der Waals surface area contributed by atoms with Crippen LogP contribution in [0.5, 0.6) is 5.75 Å². The molecule has 0 unspecified atom stereocenters. The van der Waals surface area contributed by atoms with Crippen LogP contribution >= 0.6 is 11.3 Å². The Balaban J connectivity index is 1.56. The molecular formula is C18H22N2O3S. The smallest absolute Gasteiger partial charge is 0.315 e. The molecule has 0 aliphatic heterocycles. The van der Waals surface area contributed by atoms with Crippen molar-refractivity contribution >= 4 is 17.4 Å². The zero-order valence-electron chi connectivity index (χ0n) is 13.6. The standard InChI is InChI=1S/C18H22N2O3S/c1-2-23-16-6-3-5-12-13(16)8-9-14(12)20-18(22)19-11-15(21)17-7-4-10-24-17/h3-7,10,14-15,21H,2,8-9,11H2,1H3,(H2,19,20,22)/t14-,15+/m0/s1. The number of aliphatic hydroxyl groups excluding tert-OH is 1. The Labute approximate surface area is 145 Å². The number of hydrogen-bond donors (Lipinski definition) is 3. The molecule has 128 valence electrons. The number of amides is 2. The average Bonchev–Trinajstić information content (AvgIpc) is 3.24. The number of ether oxygens (including phenoxy) is 1. The minimum absolute atomic E-state index is 0.0145. The van der Waals surface area contributed by atoms with Crippen LogP contribution in [0.15, 0.2) is 35.7 Å². The highest BCUT2D eigenvalue weighted by Crippen LogP contribution is 2.36. The van der Waals surface area contributed by atoms with E-state index in [0.717, 1.165) is 29.0 Å². The summed E-state index contributed by atoms with van der Waals surface area (Å²) in [7, 11) is 0. The Morgan fingerprint density at radius 3 is 3.04 bits per heavy atom. The van der Waals surface area contributed by atoms with Crippen LogP contribution in [0.2, 0.25) is 0 Å². The first-order chi connectivity index (χ1) is 11.7. The van der Waals surface area contributed by atoms with E-state index in [9.17, 15) is 9.90 Å². The van der Waals surface area contributed by atoms with Crippen LogP contribution in [0.1, 0.15) is 41.5 Å². The maximum atomic E-state index is 12.1. The SMILES string of the molecule is CCOc1cccc2c1CC[C@@H]2NC(=O)NC[C@@H](O)c1cccs1. The van der Waals surface area contributed by atoms with Gasteiger partial charge < -0.3 is 20.5 Å². The molecule has 2 aromatic rings. The molecule has 1 aromatic carbocycles. The number of urea groups is 1. The molecule has 1 aromatic heterocycles. The summed E-state index contributed by atoms with van der Waals surface area (Å²) in [6, 6.07) is 9.44. The molecule has 0 bridgehead atoms. The Bertz CT molecular complexity index is 688. The van der Waals surface area contributed by atoms with Crippen LogP contribution < -0.4 is 15.4 Å². The third kappa shape index (κ3) is 3.71. The van der Waals surface area contributed by atoms with E-state index >= 15 is 0 Å². The van der Waals surface area contributed by atoms with E-state index < -0.39 is 6.10 Å². The van der Waals surface area contributed by atoms with Crippen LogP contribution in [0.4, 0.5) is 4.79 Å². The maximum Gasteiger partial charge on any atom is 0.315 e. The summed E-state index contributed by atoms with van der Waals surface area (Å²) in [6.45, 7) is 2.80. The minimum atomic E-state index is -0.670. The Kier molecular flexibility index (Phi) is 5.37. The zero-order chi connectivity index (χ0) is 16.9. The van der Waals surface area contributed by atoms with E-state index in [0.29, 0.717) is 6.61 Å². The number of carbonyl (C=O) groups excluding carboxylic acids is 1. The van der Waals surface area contributed by atoms with Crippen LogP contribution in [0.25, 0.3) is 0 Å². The van der Waals surface area contributed by atoms with Gasteiger partial charge in [-0.25, -0.2) is 4.79 Å². The maximum absolute atomic E-state index is 12.1. The largest absolute Gasteiger partial charge is 0.494 e. The molecule has 2 amide bonds. The van der Waals surface area contributed by atoms with Gasteiger partial charge in [-0.05, 0) is 48.4 Å². The van der Waals surface area contributed by atoms with Gasteiger partial charge in [-0.1, -0.05) is 18.2 Å². The lowest BCUT2D eigenvalue weighted by molar-refractivity contribution is 0.175. The molecule has 0 spiro atoms. The van der Waals surface area contributed by atoms with Crippen molar-refractivity contribution in [3.8, 4) is 5.75 Å². The normalized spacial score (nSPS) is 17.2. The molecule has 1 aliphatic rings. The van der Waals surface area contributed by atoms with E-state index in [1.807, 2.05) is 42.6 Å². The summed E-state index contributed by atoms with van der Waals surface area (Å²) in [5.74, 6) is 0.910. The Morgan fingerprint density at radius 1 is 1.42 bits per heavy atom. The summed E-state index contributed by atoms with van der Waals surface area (Å²) in [4.78, 5) is 13.0. The number of fused-ring (bicyclic) bond motifs is 1. The van der Waals surface area contributed by atoms with Crippen LogP contribution in [0.3, 0.4) is 0 Å². The van der Waals surface area contributed by atoms with Crippen molar-refractivity contribution in [1.29, 1.82) is 0 Å². The van der Waals surface area contributed by atoms with Gasteiger partial charge in [0.05, 0.1) is 19.2 Å². The van der Waals surface area contributed by atoms with Crippen molar-refractivity contribution in [2.75, 3.05) is 13.2 Å². The lowest BCUT2D eigenvalue weighted by Crippen LogP contribution is -2.39. The zero-order valence-corrected chi connectivity index (χ0v) is 14.4. The van der Waals surface area contributed by atoms with E-state index in [4.69, 9.17) is 4.74 Å². The number of aliphatic hydroxyl groups is 1. The monoisotopic (exact) mass is 346 g/mol. The number of benzene rings is 1. The molecule has 1 heterocycles. The first kappa shape index (κ1) is 16.8. The van der Waals surface area contributed by atoms with E-state index in [1.165, 1.54) is 16.9 Å². The summed E-state index contributed by atoms with van der Waals surface area (Å²) >= 11 is 1.48. The van der Waals surface area contributed by atoms with Gasteiger partial charge in [0.2, 0.25) is 0 Å². The topological polar surface area (TPSA) is 70.6 Å². The molecule has 5 nitrogen and oxygen atoms in total. The fourth-order valence-corrected chi connectivity index (χ4v) is 3.75. The Hall–Kier alpha value is -2.05. The highest BCUT2D eigenvalue weighted by molar-refractivity contribution is 7.10. The molecule has 2 atom stereocenters. The summed E-state index contributed by atoms with van der Waals surface area (Å²) < 4.78 is 5.66. The van der Waals surface area contributed by atoms with E-state index in [1.54, 1.807) is 0 Å². The average molecular weight is 346 g/mol. The van der Waals surface area contributed by atoms with Crippen molar-refractivity contribution in [1.82, 2.24) is 10.6 Å². The summed E-state index contributed by atoms with van der Waals surface area (Å²) in [5.41, 5.74) is 2.30. The second-order valence-electron chi connectivity index (χ2n) is 5.73. The van der Waals surface area contributed by atoms with Crippen molar-refractivity contribution < 1.29 is 14.6 Å². The third-order valence-corrected chi connectivity index (χ3v) is 5.13. The quantitative estimate of drug-likeness (QED) is 0.752. The van der Waals surface area contributed by atoms with Gasteiger partial charge in [0.25, 0.3) is 0 Å². The molecule has 0 saturated heterocycles.